The van der Waals surface area contributed by atoms with Gasteiger partial charge in [0.1, 0.15) is 5.75 Å². The second kappa shape index (κ2) is 13.2. The minimum Gasteiger partial charge on any atom is -0.494 e. The van der Waals surface area contributed by atoms with Crippen LogP contribution >= 0.6 is 11.6 Å². The third-order valence-electron chi connectivity index (χ3n) is 5.44. The first-order chi connectivity index (χ1) is 17.9. The Labute approximate surface area is 221 Å². The van der Waals surface area contributed by atoms with Gasteiger partial charge in [-0.2, -0.15) is 0 Å². The van der Waals surface area contributed by atoms with Crippen molar-refractivity contribution in [2.45, 2.75) is 6.92 Å². The highest BCUT2D eigenvalue weighted by atomic mass is 35.5. The van der Waals surface area contributed by atoms with E-state index in [-0.39, 0.29) is 11.9 Å². The monoisotopic (exact) mass is 522 g/mol. The van der Waals surface area contributed by atoms with Gasteiger partial charge in [0.15, 0.2) is 0 Å². The maximum Gasteiger partial charge on any atom is 0.247 e. The number of likely N-dealkylation sites (N-methyl/N-ethyl adjacent to an activating group) is 2. The summed E-state index contributed by atoms with van der Waals surface area (Å²) in [5.74, 6) is 0.420. The Bertz CT molecular complexity index is 1260. The number of anilines is 4. The van der Waals surface area contributed by atoms with E-state index in [0.717, 1.165) is 18.8 Å². The fourth-order valence-electron chi connectivity index (χ4n) is 3.55. The third-order valence-corrected chi connectivity index (χ3v) is 5.71. The quantitative estimate of drug-likeness (QED) is 0.160. The molecule has 0 spiro atoms. The van der Waals surface area contributed by atoms with E-state index in [1.165, 1.54) is 18.5 Å². The Morgan fingerprint density at radius 3 is 2.78 bits per heavy atom. The lowest BCUT2D eigenvalue weighted by atomic mass is 10.1. The summed E-state index contributed by atoms with van der Waals surface area (Å²) in [4.78, 5) is 23.1. The highest BCUT2D eigenvalue weighted by molar-refractivity contribution is 6.33. The van der Waals surface area contributed by atoms with E-state index in [9.17, 15) is 4.79 Å². The predicted octanol–water partition coefficient (Wildman–Crippen LogP) is 4.09. The number of nitrogens with zero attached hydrogens (tertiary/aromatic N) is 3. The SMILES string of the molecule is C=CC(=O)Nc1cc(Nc2ncc(Cl)c(/C(C=N)=C3\C=CC=CN3)n2)c(OC)cc1N(C)CCNCC. The molecule has 1 aromatic carbocycles. The van der Waals surface area contributed by atoms with Crippen molar-refractivity contribution < 1.29 is 9.53 Å². The summed E-state index contributed by atoms with van der Waals surface area (Å²) in [6, 6.07) is 3.58. The number of hydrogen-bond donors (Lipinski definition) is 5. The van der Waals surface area contributed by atoms with E-state index in [2.05, 4.69) is 37.8 Å². The maximum atomic E-state index is 12.2. The smallest absolute Gasteiger partial charge is 0.247 e. The van der Waals surface area contributed by atoms with Gasteiger partial charge in [0, 0.05) is 49.9 Å². The molecule has 1 amide bonds. The minimum absolute atomic E-state index is 0.238. The van der Waals surface area contributed by atoms with Crippen LogP contribution in [-0.2, 0) is 4.79 Å². The third kappa shape index (κ3) is 6.96. The van der Waals surface area contributed by atoms with E-state index in [1.807, 2.05) is 43.2 Å². The molecule has 10 nitrogen and oxygen atoms in total. The Hall–Kier alpha value is -4.15. The van der Waals surface area contributed by atoms with Gasteiger partial charge >= 0.3 is 0 Å². The number of halogens is 1. The molecule has 194 valence electrons. The average Bonchev–Trinajstić information content (AvgIpc) is 2.91. The van der Waals surface area contributed by atoms with Crippen LogP contribution in [0.1, 0.15) is 12.6 Å². The van der Waals surface area contributed by atoms with Gasteiger partial charge in [-0.25, -0.2) is 9.97 Å². The van der Waals surface area contributed by atoms with Crippen LogP contribution in [0.3, 0.4) is 0 Å². The zero-order chi connectivity index (χ0) is 26.8. The van der Waals surface area contributed by atoms with Crippen molar-refractivity contribution in [3.05, 3.63) is 71.8 Å². The maximum absolute atomic E-state index is 12.2. The van der Waals surface area contributed by atoms with Gasteiger partial charge in [-0.3, -0.25) is 4.79 Å². The predicted molar refractivity (Wildman–Crippen MR) is 151 cm³/mol. The molecular formula is C26H31ClN8O2. The van der Waals surface area contributed by atoms with Crippen molar-refractivity contribution in [2.24, 2.45) is 0 Å². The Balaban J connectivity index is 2.01. The number of hydrogen-bond acceptors (Lipinski definition) is 9. The summed E-state index contributed by atoms with van der Waals surface area (Å²) in [6.45, 7) is 7.95. The van der Waals surface area contributed by atoms with Crippen molar-refractivity contribution in [1.29, 1.82) is 5.41 Å². The number of dihydropyridines is 1. The molecule has 37 heavy (non-hydrogen) atoms. The largest absolute Gasteiger partial charge is 0.494 e. The van der Waals surface area contributed by atoms with E-state index < -0.39 is 0 Å². The molecule has 0 saturated carbocycles. The Kier molecular flexibility index (Phi) is 9.82. The summed E-state index contributed by atoms with van der Waals surface area (Å²) < 4.78 is 5.65. The highest BCUT2D eigenvalue weighted by Crippen LogP contribution is 2.38. The summed E-state index contributed by atoms with van der Waals surface area (Å²) >= 11 is 6.40. The number of rotatable bonds is 12. The molecule has 0 aliphatic carbocycles. The molecule has 0 radical (unpaired) electrons. The number of benzene rings is 1. The molecule has 3 rings (SSSR count). The minimum atomic E-state index is -0.341. The molecule has 2 heterocycles. The molecular weight excluding hydrogens is 492 g/mol. The molecule has 1 aromatic heterocycles. The van der Waals surface area contributed by atoms with Crippen LogP contribution in [-0.4, -0.2) is 55.9 Å². The van der Waals surface area contributed by atoms with Crippen molar-refractivity contribution in [1.82, 2.24) is 20.6 Å². The molecule has 1 aliphatic rings. The number of ether oxygens (including phenoxy) is 1. The molecule has 2 aromatic rings. The second-order valence-corrected chi connectivity index (χ2v) is 8.29. The summed E-state index contributed by atoms with van der Waals surface area (Å²) in [6.07, 6.45) is 11.1. The fraction of sp³-hybridized carbons (Fsp3) is 0.231. The Morgan fingerprint density at radius 2 is 2.14 bits per heavy atom. The van der Waals surface area contributed by atoms with E-state index in [4.69, 9.17) is 21.7 Å². The highest BCUT2D eigenvalue weighted by Gasteiger charge is 2.18. The van der Waals surface area contributed by atoms with Crippen LogP contribution in [0.25, 0.3) is 5.57 Å². The molecule has 1 aliphatic heterocycles. The van der Waals surface area contributed by atoms with Gasteiger partial charge in [-0.15, -0.1) is 0 Å². The van der Waals surface area contributed by atoms with E-state index >= 15 is 0 Å². The number of aromatic nitrogens is 2. The molecule has 11 heteroatoms. The van der Waals surface area contributed by atoms with Crippen molar-refractivity contribution in [3.63, 3.8) is 0 Å². The zero-order valence-electron chi connectivity index (χ0n) is 21.1. The van der Waals surface area contributed by atoms with Gasteiger partial charge in [0.05, 0.1) is 41.1 Å². The van der Waals surface area contributed by atoms with E-state index in [1.54, 1.807) is 19.4 Å². The van der Waals surface area contributed by atoms with Crippen molar-refractivity contribution in [2.75, 3.05) is 49.3 Å². The lowest BCUT2D eigenvalue weighted by molar-refractivity contribution is -0.111. The van der Waals surface area contributed by atoms with Crippen LogP contribution in [0.2, 0.25) is 5.02 Å². The lowest BCUT2D eigenvalue weighted by Gasteiger charge is -2.25. The fourth-order valence-corrected chi connectivity index (χ4v) is 3.74. The van der Waals surface area contributed by atoms with E-state index in [0.29, 0.717) is 45.7 Å². The first kappa shape index (κ1) is 27.4. The number of nitrogens with one attached hydrogen (secondary N) is 5. The molecule has 0 unspecified atom stereocenters. The second-order valence-electron chi connectivity index (χ2n) is 7.89. The molecule has 0 fully saturated rings. The van der Waals surface area contributed by atoms with Gasteiger partial charge in [0.25, 0.3) is 0 Å². The summed E-state index contributed by atoms with van der Waals surface area (Å²) in [5.41, 5.74) is 3.43. The average molecular weight is 523 g/mol. The normalized spacial score (nSPS) is 13.4. The van der Waals surface area contributed by atoms with Crippen LogP contribution in [0.15, 0.2) is 61.1 Å². The molecule has 0 saturated heterocycles. The van der Waals surface area contributed by atoms with Crippen LogP contribution in [0.4, 0.5) is 23.0 Å². The number of allylic oxidation sites excluding steroid dienone is 4. The van der Waals surface area contributed by atoms with Crippen molar-refractivity contribution in [3.8, 4) is 5.75 Å². The zero-order valence-corrected chi connectivity index (χ0v) is 21.8. The number of amides is 1. The molecule has 0 bridgehead atoms. The molecule has 5 N–H and O–H groups in total. The standard InChI is InChI=1S/C26H31ClN8O2/c1-5-24(36)32-20-13-21(23(37-4)14-22(20)35(3)12-11-29-6-2)33-26-31-16-18(27)25(34-26)17(15-28)19-9-7-8-10-30-19/h5,7-10,13-16,28-30H,1,6,11-12H2,2-4H3,(H,32,36)(H,31,33,34)/b19-17+,28-15?. The van der Waals surface area contributed by atoms with Gasteiger partial charge in [-0.05, 0) is 30.8 Å². The van der Waals surface area contributed by atoms with Crippen LogP contribution in [0.5, 0.6) is 5.75 Å². The first-order valence-electron chi connectivity index (χ1n) is 11.6. The topological polar surface area (TPSA) is 127 Å². The van der Waals surface area contributed by atoms with Crippen molar-refractivity contribution >= 4 is 52.3 Å². The van der Waals surface area contributed by atoms with Gasteiger partial charge in [0.2, 0.25) is 11.9 Å². The van der Waals surface area contributed by atoms with Gasteiger partial charge in [-0.1, -0.05) is 31.2 Å². The van der Waals surface area contributed by atoms with Crippen LogP contribution in [0, 0.1) is 5.41 Å². The van der Waals surface area contributed by atoms with Gasteiger partial charge < -0.3 is 36.3 Å². The number of carbonyl (C=O) groups excluding carboxylic acids is 1. The first-order valence-corrected chi connectivity index (χ1v) is 12.0. The lowest BCUT2D eigenvalue weighted by Crippen LogP contribution is -2.29. The Morgan fingerprint density at radius 1 is 1.32 bits per heavy atom. The number of methoxy groups -OCH3 is 1. The number of carbonyl (C=O) groups is 1. The summed E-state index contributed by atoms with van der Waals surface area (Å²) in [5, 5.41) is 20.6. The molecule has 0 atom stereocenters. The summed E-state index contributed by atoms with van der Waals surface area (Å²) in [7, 11) is 3.50. The van der Waals surface area contributed by atoms with Crippen LogP contribution < -0.4 is 30.9 Å².